The Kier molecular flexibility index (Phi) is 4.09. The molecule has 0 saturated carbocycles. The Balaban J connectivity index is 2.36. The molecular formula is C14H10ClNO5. The van der Waals surface area contributed by atoms with Gasteiger partial charge in [0, 0.05) is 12.1 Å². The van der Waals surface area contributed by atoms with Gasteiger partial charge in [-0.2, -0.15) is 0 Å². The summed E-state index contributed by atoms with van der Waals surface area (Å²) >= 11 is 5.83. The molecule has 0 fully saturated rings. The summed E-state index contributed by atoms with van der Waals surface area (Å²) in [7, 11) is 0. The van der Waals surface area contributed by atoms with Gasteiger partial charge in [0.15, 0.2) is 0 Å². The number of ether oxygens (including phenoxy) is 1. The Morgan fingerprint density at radius 3 is 2.67 bits per heavy atom. The summed E-state index contributed by atoms with van der Waals surface area (Å²) < 4.78 is 5.55. The van der Waals surface area contributed by atoms with Crippen LogP contribution in [0.4, 0.5) is 5.69 Å². The Morgan fingerprint density at radius 1 is 1.33 bits per heavy atom. The third-order valence-corrected chi connectivity index (χ3v) is 3.05. The summed E-state index contributed by atoms with van der Waals surface area (Å²) in [6.45, 7) is 1.64. The van der Waals surface area contributed by atoms with Crippen molar-refractivity contribution in [3.63, 3.8) is 0 Å². The highest BCUT2D eigenvalue weighted by Crippen LogP contribution is 2.34. The number of nitro benzene ring substituents is 1. The number of aryl methyl sites for hydroxylation is 1. The van der Waals surface area contributed by atoms with Crippen molar-refractivity contribution in [2.75, 3.05) is 0 Å². The van der Waals surface area contributed by atoms with E-state index in [1.807, 2.05) is 0 Å². The molecule has 0 radical (unpaired) electrons. The van der Waals surface area contributed by atoms with Crippen LogP contribution in [0.2, 0.25) is 5.02 Å². The largest absolute Gasteiger partial charge is 0.478 e. The average Bonchev–Trinajstić information content (AvgIpc) is 2.42. The second-order valence-electron chi connectivity index (χ2n) is 4.26. The van der Waals surface area contributed by atoms with Gasteiger partial charge in [-0.05, 0) is 30.7 Å². The Morgan fingerprint density at radius 2 is 2.05 bits per heavy atom. The number of nitro groups is 1. The van der Waals surface area contributed by atoms with Gasteiger partial charge in [0.1, 0.15) is 16.5 Å². The number of carboxylic acids is 1. The molecule has 2 aromatic carbocycles. The van der Waals surface area contributed by atoms with Crippen molar-refractivity contribution >= 4 is 23.3 Å². The fourth-order valence-electron chi connectivity index (χ4n) is 1.72. The summed E-state index contributed by atoms with van der Waals surface area (Å²) in [6, 6.07) is 8.56. The van der Waals surface area contributed by atoms with E-state index in [0.29, 0.717) is 17.1 Å². The highest BCUT2D eigenvalue weighted by Gasteiger charge is 2.16. The summed E-state index contributed by atoms with van der Waals surface area (Å²) in [5.74, 6) is -0.435. The highest BCUT2D eigenvalue weighted by atomic mass is 35.5. The molecule has 108 valence electrons. The normalized spacial score (nSPS) is 10.2. The zero-order valence-electron chi connectivity index (χ0n) is 10.9. The minimum absolute atomic E-state index is 0.0463. The third-order valence-electron chi connectivity index (χ3n) is 2.75. The van der Waals surface area contributed by atoms with Crippen molar-refractivity contribution in [3.8, 4) is 11.5 Å². The van der Waals surface area contributed by atoms with Gasteiger partial charge in [0.05, 0.1) is 10.5 Å². The van der Waals surface area contributed by atoms with Crippen LogP contribution in [0.15, 0.2) is 36.4 Å². The van der Waals surface area contributed by atoms with E-state index in [-0.39, 0.29) is 16.3 Å². The third kappa shape index (κ3) is 3.29. The molecule has 0 atom stereocenters. The monoisotopic (exact) mass is 307 g/mol. The first-order valence-corrected chi connectivity index (χ1v) is 6.22. The average molecular weight is 308 g/mol. The zero-order chi connectivity index (χ0) is 15.6. The van der Waals surface area contributed by atoms with Crippen molar-refractivity contribution in [1.82, 2.24) is 0 Å². The number of hydrogen-bond acceptors (Lipinski definition) is 4. The number of hydrogen-bond donors (Lipinski definition) is 1. The highest BCUT2D eigenvalue weighted by molar-refractivity contribution is 6.32. The number of rotatable bonds is 4. The van der Waals surface area contributed by atoms with Crippen molar-refractivity contribution in [2.45, 2.75) is 6.92 Å². The van der Waals surface area contributed by atoms with Crippen LogP contribution in [0.5, 0.6) is 11.5 Å². The molecule has 7 heteroatoms. The minimum atomic E-state index is -1.07. The SMILES string of the molecule is Cc1cc([N+](=O)[O-])c(Cl)cc1Oc1cccc(C(=O)O)c1. The van der Waals surface area contributed by atoms with Crippen LogP contribution >= 0.6 is 11.6 Å². The second kappa shape index (κ2) is 5.80. The molecule has 1 N–H and O–H groups in total. The van der Waals surface area contributed by atoms with Crippen LogP contribution in [0.25, 0.3) is 0 Å². The Bertz CT molecular complexity index is 729. The maximum Gasteiger partial charge on any atom is 0.335 e. The predicted octanol–water partition coefficient (Wildman–Crippen LogP) is 4.05. The number of nitrogens with zero attached hydrogens (tertiary/aromatic N) is 1. The van der Waals surface area contributed by atoms with Crippen LogP contribution < -0.4 is 4.74 Å². The lowest BCUT2D eigenvalue weighted by Gasteiger charge is -2.10. The summed E-state index contributed by atoms with van der Waals surface area (Å²) in [5, 5.41) is 19.7. The molecule has 0 amide bonds. The van der Waals surface area contributed by atoms with Crippen molar-refractivity contribution in [2.24, 2.45) is 0 Å². The van der Waals surface area contributed by atoms with E-state index in [1.165, 1.54) is 24.3 Å². The van der Waals surface area contributed by atoms with E-state index in [4.69, 9.17) is 21.4 Å². The number of aromatic carboxylic acids is 1. The van der Waals surface area contributed by atoms with E-state index in [2.05, 4.69) is 0 Å². The molecule has 0 heterocycles. The standard InChI is InChI=1S/C14H10ClNO5/c1-8-5-12(16(19)20)11(15)7-13(8)21-10-4-2-3-9(6-10)14(17)18/h2-7H,1H3,(H,17,18). The summed E-state index contributed by atoms with van der Waals surface area (Å²) in [4.78, 5) is 21.1. The quantitative estimate of drug-likeness (QED) is 0.680. The maximum absolute atomic E-state index is 10.9. The molecule has 6 nitrogen and oxygen atoms in total. The number of carbonyl (C=O) groups is 1. The molecule has 0 spiro atoms. The second-order valence-corrected chi connectivity index (χ2v) is 4.67. The van der Waals surface area contributed by atoms with Crippen molar-refractivity contribution < 1.29 is 19.6 Å². The number of carboxylic acid groups (broad SMARTS) is 1. The van der Waals surface area contributed by atoms with Crippen LogP contribution in [-0.2, 0) is 0 Å². The fraction of sp³-hybridized carbons (Fsp3) is 0.0714. The molecular weight excluding hydrogens is 298 g/mol. The molecule has 2 aromatic rings. The molecule has 0 aliphatic carbocycles. The van der Waals surface area contributed by atoms with E-state index in [0.717, 1.165) is 0 Å². The van der Waals surface area contributed by atoms with Gasteiger partial charge >= 0.3 is 5.97 Å². The lowest BCUT2D eigenvalue weighted by Crippen LogP contribution is -1.97. The number of benzene rings is 2. The van der Waals surface area contributed by atoms with Crippen LogP contribution in [0.1, 0.15) is 15.9 Å². The van der Waals surface area contributed by atoms with Crippen LogP contribution in [0.3, 0.4) is 0 Å². The lowest BCUT2D eigenvalue weighted by molar-refractivity contribution is -0.384. The van der Waals surface area contributed by atoms with Gasteiger partial charge in [-0.1, -0.05) is 17.7 Å². The zero-order valence-corrected chi connectivity index (χ0v) is 11.6. The Hall–Kier alpha value is -2.60. The van der Waals surface area contributed by atoms with Gasteiger partial charge in [-0.15, -0.1) is 0 Å². The van der Waals surface area contributed by atoms with E-state index >= 15 is 0 Å². The molecule has 0 saturated heterocycles. The molecule has 0 aliphatic heterocycles. The molecule has 0 aromatic heterocycles. The first-order valence-electron chi connectivity index (χ1n) is 5.84. The van der Waals surface area contributed by atoms with Crippen molar-refractivity contribution in [1.29, 1.82) is 0 Å². The molecule has 2 rings (SSSR count). The predicted molar refractivity (Wildman–Crippen MR) is 76.3 cm³/mol. The first-order chi connectivity index (χ1) is 9.88. The van der Waals surface area contributed by atoms with E-state index in [1.54, 1.807) is 19.1 Å². The minimum Gasteiger partial charge on any atom is -0.478 e. The molecule has 0 bridgehead atoms. The molecule has 0 aliphatic rings. The first kappa shape index (κ1) is 14.8. The topological polar surface area (TPSA) is 89.7 Å². The fourth-order valence-corrected chi connectivity index (χ4v) is 1.94. The van der Waals surface area contributed by atoms with E-state index in [9.17, 15) is 14.9 Å². The smallest absolute Gasteiger partial charge is 0.335 e. The van der Waals surface area contributed by atoms with Gasteiger partial charge in [-0.3, -0.25) is 10.1 Å². The van der Waals surface area contributed by atoms with Gasteiger partial charge in [0.25, 0.3) is 5.69 Å². The Labute approximate surface area is 124 Å². The maximum atomic E-state index is 10.9. The van der Waals surface area contributed by atoms with Gasteiger partial charge < -0.3 is 9.84 Å². The van der Waals surface area contributed by atoms with Gasteiger partial charge in [-0.25, -0.2) is 4.79 Å². The van der Waals surface area contributed by atoms with Crippen LogP contribution in [-0.4, -0.2) is 16.0 Å². The number of halogens is 1. The summed E-state index contributed by atoms with van der Waals surface area (Å²) in [6.07, 6.45) is 0. The molecule has 0 unspecified atom stereocenters. The lowest BCUT2D eigenvalue weighted by atomic mass is 10.2. The van der Waals surface area contributed by atoms with Crippen LogP contribution in [0, 0.1) is 17.0 Å². The van der Waals surface area contributed by atoms with E-state index < -0.39 is 10.9 Å². The molecule has 21 heavy (non-hydrogen) atoms. The van der Waals surface area contributed by atoms with Crippen molar-refractivity contribution in [3.05, 3.63) is 62.7 Å². The summed E-state index contributed by atoms with van der Waals surface area (Å²) in [5.41, 5.74) is 0.394. The van der Waals surface area contributed by atoms with Gasteiger partial charge in [0.2, 0.25) is 0 Å².